The number of ether oxygens (including phenoxy) is 1. The predicted octanol–water partition coefficient (Wildman–Crippen LogP) is 1.13. The number of nitrogens with two attached hydrogens (primary N) is 1. The van der Waals surface area contributed by atoms with E-state index in [1.165, 1.54) is 0 Å². The van der Waals surface area contributed by atoms with Gasteiger partial charge in [0.2, 0.25) is 5.91 Å². The number of thiocarbonyl (C=S) groups is 1. The Kier molecular flexibility index (Phi) is 6.33. The fraction of sp³-hybridized carbons (Fsp3) is 0.818. The summed E-state index contributed by atoms with van der Waals surface area (Å²) in [5.74, 6) is 0.0854. The average Bonchev–Trinajstić information content (AvgIpc) is 2.69. The lowest BCUT2D eigenvalue weighted by molar-refractivity contribution is -0.123. The van der Waals surface area contributed by atoms with Gasteiger partial charge in [0.25, 0.3) is 0 Å². The molecule has 1 fully saturated rings. The lowest BCUT2D eigenvalue weighted by Gasteiger charge is -2.09. The Balaban J connectivity index is 1.95. The first-order valence-corrected chi connectivity index (χ1v) is 6.26. The summed E-state index contributed by atoms with van der Waals surface area (Å²) < 4.78 is 5.39. The third-order valence-corrected chi connectivity index (χ3v) is 2.81. The van der Waals surface area contributed by atoms with Crippen molar-refractivity contribution in [2.75, 3.05) is 13.2 Å². The topological polar surface area (TPSA) is 64.3 Å². The minimum atomic E-state index is 0.0854. The van der Waals surface area contributed by atoms with Crippen LogP contribution in [0.25, 0.3) is 0 Å². The van der Waals surface area contributed by atoms with Crippen LogP contribution >= 0.6 is 12.2 Å². The summed E-state index contributed by atoms with van der Waals surface area (Å²) in [4.78, 5) is 12.0. The lowest BCUT2D eigenvalue weighted by atomic mass is 10.1. The van der Waals surface area contributed by atoms with Gasteiger partial charge < -0.3 is 15.8 Å². The average molecular weight is 244 g/mol. The Morgan fingerprint density at radius 2 is 2.31 bits per heavy atom. The number of rotatable bonds is 7. The van der Waals surface area contributed by atoms with Gasteiger partial charge in [-0.1, -0.05) is 12.2 Å². The molecule has 0 bridgehead atoms. The molecule has 3 N–H and O–H groups in total. The fourth-order valence-corrected chi connectivity index (χ4v) is 1.88. The molecule has 4 nitrogen and oxygen atoms in total. The Bertz CT molecular complexity index is 240. The highest BCUT2D eigenvalue weighted by Gasteiger charge is 2.18. The van der Waals surface area contributed by atoms with Crippen molar-refractivity contribution < 1.29 is 9.53 Å². The zero-order valence-electron chi connectivity index (χ0n) is 9.54. The van der Waals surface area contributed by atoms with E-state index in [1.807, 2.05) is 0 Å². The molecule has 1 aliphatic heterocycles. The van der Waals surface area contributed by atoms with Crippen LogP contribution in [0.2, 0.25) is 0 Å². The second kappa shape index (κ2) is 7.57. The second-order valence-electron chi connectivity index (χ2n) is 4.11. The first-order valence-electron chi connectivity index (χ1n) is 5.85. The highest BCUT2D eigenvalue weighted by atomic mass is 32.1. The largest absolute Gasteiger partial charge is 0.393 e. The van der Waals surface area contributed by atoms with Crippen LogP contribution in [0.3, 0.4) is 0 Å². The van der Waals surface area contributed by atoms with Crippen LogP contribution in [0, 0.1) is 0 Å². The summed E-state index contributed by atoms with van der Waals surface area (Å²) in [6.45, 7) is 1.50. The van der Waals surface area contributed by atoms with Gasteiger partial charge in [-0.3, -0.25) is 4.79 Å². The predicted molar refractivity (Wildman–Crippen MR) is 67.2 cm³/mol. The van der Waals surface area contributed by atoms with Crippen LogP contribution in [0.4, 0.5) is 0 Å². The van der Waals surface area contributed by atoms with Crippen LogP contribution in [-0.2, 0) is 9.53 Å². The maximum Gasteiger partial charge on any atom is 0.222 e. The molecule has 1 atom stereocenters. The number of unbranched alkanes of at least 4 members (excludes halogenated alkanes) is 1. The molecule has 1 aliphatic rings. The standard InChI is InChI=1S/C11H20N2O2S/c12-10(16)5-1-2-6-13-11(14)8-9-4-3-7-15-9/h9H,1-8H2,(H2,12,16)(H,13,14). The zero-order chi connectivity index (χ0) is 11.8. The maximum atomic E-state index is 11.5. The summed E-state index contributed by atoms with van der Waals surface area (Å²) >= 11 is 4.77. The minimum Gasteiger partial charge on any atom is -0.393 e. The van der Waals surface area contributed by atoms with Gasteiger partial charge in [-0.2, -0.15) is 0 Å². The summed E-state index contributed by atoms with van der Waals surface area (Å²) in [7, 11) is 0. The molecule has 0 saturated carbocycles. The van der Waals surface area contributed by atoms with E-state index in [1.54, 1.807) is 0 Å². The molecule has 1 unspecified atom stereocenters. The van der Waals surface area contributed by atoms with Crippen LogP contribution in [0.1, 0.15) is 38.5 Å². The molecular formula is C11H20N2O2S. The molecule has 1 amide bonds. The molecule has 0 aromatic carbocycles. The number of carbonyl (C=O) groups excluding carboxylic acids is 1. The molecule has 0 spiro atoms. The van der Waals surface area contributed by atoms with Crippen LogP contribution in [0.15, 0.2) is 0 Å². The van der Waals surface area contributed by atoms with Crippen molar-refractivity contribution in [3.05, 3.63) is 0 Å². The Hall–Kier alpha value is -0.680. The highest BCUT2D eigenvalue weighted by Crippen LogP contribution is 2.14. The molecule has 1 heterocycles. The first kappa shape index (κ1) is 13.4. The molecule has 0 aromatic rings. The van der Waals surface area contributed by atoms with Crippen molar-refractivity contribution in [1.29, 1.82) is 0 Å². The van der Waals surface area contributed by atoms with Gasteiger partial charge in [0.1, 0.15) is 0 Å². The normalized spacial score (nSPS) is 19.6. The van der Waals surface area contributed by atoms with E-state index >= 15 is 0 Å². The smallest absolute Gasteiger partial charge is 0.222 e. The van der Waals surface area contributed by atoms with Gasteiger partial charge >= 0.3 is 0 Å². The molecule has 0 radical (unpaired) electrons. The monoisotopic (exact) mass is 244 g/mol. The maximum absolute atomic E-state index is 11.5. The molecule has 1 saturated heterocycles. The first-order chi connectivity index (χ1) is 7.68. The van der Waals surface area contributed by atoms with E-state index in [0.717, 1.165) is 38.7 Å². The summed E-state index contributed by atoms with van der Waals surface area (Å²) in [5, 5.41) is 2.88. The molecule has 16 heavy (non-hydrogen) atoms. The van der Waals surface area contributed by atoms with E-state index in [0.29, 0.717) is 18.0 Å². The summed E-state index contributed by atoms with van der Waals surface area (Å²) in [6, 6.07) is 0. The van der Waals surface area contributed by atoms with Crippen molar-refractivity contribution >= 4 is 23.1 Å². The third-order valence-electron chi connectivity index (χ3n) is 2.61. The van der Waals surface area contributed by atoms with E-state index in [2.05, 4.69) is 5.32 Å². The number of hydrogen-bond acceptors (Lipinski definition) is 3. The highest BCUT2D eigenvalue weighted by molar-refractivity contribution is 7.80. The van der Waals surface area contributed by atoms with Crippen LogP contribution in [-0.4, -0.2) is 30.2 Å². The number of amides is 1. The second-order valence-corrected chi connectivity index (χ2v) is 4.64. The molecule has 1 rings (SSSR count). The van der Waals surface area contributed by atoms with Gasteiger partial charge in [0.05, 0.1) is 17.5 Å². The Morgan fingerprint density at radius 3 is 2.94 bits per heavy atom. The molecule has 0 aliphatic carbocycles. The Morgan fingerprint density at radius 1 is 1.50 bits per heavy atom. The number of carbonyl (C=O) groups is 1. The molecule has 0 aromatic heterocycles. The zero-order valence-corrected chi connectivity index (χ0v) is 10.4. The Labute approximate surface area is 102 Å². The van der Waals surface area contributed by atoms with E-state index in [9.17, 15) is 4.79 Å². The minimum absolute atomic E-state index is 0.0854. The van der Waals surface area contributed by atoms with Crippen molar-refractivity contribution in [2.45, 2.75) is 44.6 Å². The van der Waals surface area contributed by atoms with E-state index < -0.39 is 0 Å². The molecular weight excluding hydrogens is 224 g/mol. The lowest BCUT2D eigenvalue weighted by Crippen LogP contribution is -2.28. The van der Waals surface area contributed by atoms with Crippen molar-refractivity contribution in [3.63, 3.8) is 0 Å². The number of nitrogens with one attached hydrogen (secondary N) is 1. The van der Waals surface area contributed by atoms with Gasteiger partial charge in [0.15, 0.2) is 0 Å². The van der Waals surface area contributed by atoms with Gasteiger partial charge in [-0.05, 0) is 32.1 Å². The summed E-state index contributed by atoms with van der Waals surface area (Å²) in [5.41, 5.74) is 5.37. The van der Waals surface area contributed by atoms with Crippen LogP contribution in [0.5, 0.6) is 0 Å². The van der Waals surface area contributed by atoms with Crippen molar-refractivity contribution in [3.8, 4) is 0 Å². The fourth-order valence-electron chi connectivity index (χ4n) is 1.74. The summed E-state index contributed by atoms with van der Waals surface area (Å²) in [6.07, 6.45) is 5.34. The van der Waals surface area contributed by atoms with E-state index in [4.69, 9.17) is 22.7 Å². The van der Waals surface area contributed by atoms with Gasteiger partial charge in [0, 0.05) is 13.2 Å². The third kappa shape index (κ3) is 6.02. The SMILES string of the molecule is NC(=S)CCCCNC(=O)CC1CCCO1. The van der Waals surface area contributed by atoms with Crippen molar-refractivity contribution in [2.24, 2.45) is 5.73 Å². The quantitative estimate of drug-likeness (QED) is 0.520. The molecule has 5 heteroatoms. The van der Waals surface area contributed by atoms with E-state index in [-0.39, 0.29) is 12.0 Å². The van der Waals surface area contributed by atoms with Crippen molar-refractivity contribution in [1.82, 2.24) is 5.32 Å². The van der Waals surface area contributed by atoms with Gasteiger partial charge in [-0.15, -0.1) is 0 Å². The molecule has 92 valence electrons. The van der Waals surface area contributed by atoms with Gasteiger partial charge in [-0.25, -0.2) is 0 Å². The van der Waals surface area contributed by atoms with Crippen LogP contribution < -0.4 is 11.1 Å². The number of hydrogen-bond donors (Lipinski definition) is 2.